The molecule has 2 rings (SSSR count). The van der Waals surface area contributed by atoms with Crippen LogP contribution < -0.4 is 5.32 Å². The maximum Gasteiger partial charge on any atom is 0.124 e. The van der Waals surface area contributed by atoms with Gasteiger partial charge in [-0.2, -0.15) is 0 Å². The third kappa shape index (κ3) is 2.53. The maximum absolute atomic E-state index is 9.71. The lowest BCUT2D eigenvalue weighted by molar-refractivity contribution is 0.204. The zero-order chi connectivity index (χ0) is 12.5. The molecule has 0 amide bonds. The summed E-state index contributed by atoms with van der Waals surface area (Å²) in [4.78, 5) is 0. The molecule has 0 aromatic heterocycles. The Bertz CT molecular complexity index is 381. The second kappa shape index (κ2) is 4.55. The van der Waals surface area contributed by atoms with Crippen molar-refractivity contribution in [2.45, 2.75) is 25.8 Å². The minimum Gasteiger partial charge on any atom is -0.507 e. The predicted octanol–water partition coefficient (Wildman–Crippen LogP) is 1.52. The van der Waals surface area contributed by atoms with Gasteiger partial charge in [-0.3, -0.25) is 0 Å². The second-order valence-electron chi connectivity index (χ2n) is 4.97. The summed E-state index contributed by atoms with van der Waals surface area (Å²) in [6.45, 7) is 2.79. The molecule has 0 aliphatic heterocycles. The van der Waals surface area contributed by atoms with Crippen LogP contribution >= 0.6 is 0 Å². The van der Waals surface area contributed by atoms with Gasteiger partial charge >= 0.3 is 0 Å². The molecule has 1 fully saturated rings. The minimum atomic E-state index is -0.139. The van der Waals surface area contributed by atoms with E-state index >= 15 is 0 Å². The predicted molar refractivity (Wildman–Crippen MR) is 64.9 cm³/mol. The van der Waals surface area contributed by atoms with Crippen molar-refractivity contribution in [1.82, 2.24) is 5.32 Å². The molecule has 1 aromatic rings. The van der Waals surface area contributed by atoms with Crippen molar-refractivity contribution in [2.75, 3.05) is 13.2 Å². The molecule has 0 heterocycles. The molecule has 0 spiro atoms. The van der Waals surface area contributed by atoms with Gasteiger partial charge < -0.3 is 20.6 Å². The van der Waals surface area contributed by atoms with Gasteiger partial charge in [-0.25, -0.2) is 0 Å². The number of phenols is 2. The van der Waals surface area contributed by atoms with Crippen molar-refractivity contribution < 1.29 is 15.3 Å². The van der Waals surface area contributed by atoms with E-state index in [1.54, 1.807) is 18.2 Å². The molecule has 1 aliphatic rings. The number of aliphatic hydroxyl groups is 1. The van der Waals surface area contributed by atoms with E-state index in [0.717, 1.165) is 12.8 Å². The summed E-state index contributed by atoms with van der Waals surface area (Å²) >= 11 is 0. The number of hydrogen-bond donors (Lipinski definition) is 4. The summed E-state index contributed by atoms with van der Waals surface area (Å²) in [6, 6.07) is 4.59. The molecule has 17 heavy (non-hydrogen) atoms. The standard InChI is InChI=1S/C13H19NO3/c1-9(14-7-13(8-15)5-6-13)12-10(16)3-2-4-11(12)17/h2-4,9,14-17H,5-8H2,1H3. The summed E-state index contributed by atoms with van der Waals surface area (Å²) in [5, 5.41) is 31.9. The Balaban J connectivity index is 2.02. The van der Waals surface area contributed by atoms with E-state index in [4.69, 9.17) is 0 Å². The van der Waals surface area contributed by atoms with E-state index in [9.17, 15) is 15.3 Å². The lowest BCUT2D eigenvalue weighted by Crippen LogP contribution is -2.28. The lowest BCUT2D eigenvalue weighted by atomic mass is 10.0. The second-order valence-corrected chi connectivity index (χ2v) is 4.97. The topological polar surface area (TPSA) is 72.7 Å². The number of hydrogen-bond acceptors (Lipinski definition) is 4. The normalized spacial score (nSPS) is 18.9. The quantitative estimate of drug-likeness (QED) is 0.626. The fourth-order valence-electron chi connectivity index (χ4n) is 2.02. The monoisotopic (exact) mass is 237 g/mol. The summed E-state index contributed by atoms with van der Waals surface area (Å²) in [5.41, 5.74) is 0.537. The van der Waals surface area contributed by atoms with Crippen LogP contribution in [0.1, 0.15) is 31.4 Å². The first-order valence-corrected chi connectivity index (χ1v) is 5.93. The van der Waals surface area contributed by atoms with Gasteiger partial charge in [0.2, 0.25) is 0 Å². The zero-order valence-electron chi connectivity index (χ0n) is 9.98. The smallest absolute Gasteiger partial charge is 0.124 e. The Hall–Kier alpha value is -1.26. The Morgan fingerprint density at radius 3 is 2.35 bits per heavy atom. The van der Waals surface area contributed by atoms with Crippen molar-refractivity contribution in [1.29, 1.82) is 0 Å². The first kappa shape index (κ1) is 12.2. The molecule has 1 aliphatic carbocycles. The van der Waals surface area contributed by atoms with E-state index < -0.39 is 0 Å². The molecule has 1 saturated carbocycles. The SMILES string of the molecule is CC(NCC1(CO)CC1)c1c(O)cccc1O. The molecule has 4 N–H and O–H groups in total. The van der Waals surface area contributed by atoms with Gasteiger partial charge in [0.05, 0.1) is 5.56 Å². The third-order valence-corrected chi connectivity index (χ3v) is 3.57. The first-order chi connectivity index (χ1) is 8.08. The molecule has 0 saturated heterocycles. The van der Waals surface area contributed by atoms with E-state index in [0.29, 0.717) is 12.1 Å². The highest BCUT2D eigenvalue weighted by Crippen LogP contribution is 2.45. The van der Waals surface area contributed by atoms with E-state index in [1.165, 1.54) is 0 Å². The van der Waals surface area contributed by atoms with Crippen LogP contribution in [0.25, 0.3) is 0 Å². The number of aromatic hydroxyl groups is 2. The van der Waals surface area contributed by atoms with Crippen LogP contribution in [0.5, 0.6) is 11.5 Å². The fourth-order valence-corrected chi connectivity index (χ4v) is 2.02. The van der Waals surface area contributed by atoms with Crippen molar-refractivity contribution >= 4 is 0 Å². The fraction of sp³-hybridized carbons (Fsp3) is 0.538. The Morgan fingerprint density at radius 1 is 1.29 bits per heavy atom. The first-order valence-electron chi connectivity index (χ1n) is 5.93. The average molecular weight is 237 g/mol. The van der Waals surface area contributed by atoms with Gasteiger partial charge in [0.1, 0.15) is 11.5 Å². The van der Waals surface area contributed by atoms with Crippen LogP contribution in [-0.4, -0.2) is 28.5 Å². The summed E-state index contributed by atoms with van der Waals surface area (Å²) in [5.74, 6) is 0.192. The van der Waals surface area contributed by atoms with E-state index in [-0.39, 0.29) is 29.6 Å². The van der Waals surface area contributed by atoms with Crippen LogP contribution in [0, 0.1) is 5.41 Å². The third-order valence-electron chi connectivity index (χ3n) is 3.57. The van der Waals surface area contributed by atoms with Gasteiger partial charge in [0, 0.05) is 24.6 Å². The van der Waals surface area contributed by atoms with Gasteiger partial charge in [-0.15, -0.1) is 0 Å². The molecule has 0 radical (unpaired) electrons. The van der Waals surface area contributed by atoms with Crippen molar-refractivity contribution in [3.63, 3.8) is 0 Å². The van der Waals surface area contributed by atoms with E-state index in [2.05, 4.69) is 5.32 Å². The van der Waals surface area contributed by atoms with Crippen molar-refractivity contribution in [3.05, 3.63) is 23.8 Å². The molecule has 1 unspecified atom stereocenters. The number of benzene rings is 1. The van der Waals surface area contributed by atoms with Crippen LogP contribution in [0.2, 0.25) is 0 Å². The molecule has 0 bridgehead atoms. The van der Waals surface area contributed by atoms with Crippen LogP contribution in [-0.2, 0) is 0 Å². The molecular weight excluding hydrogens is 218 g/mol. The minimum absolute atomic E-state index is 0.0221. The molecule has 1 aromatic carbocycles. The average Bonchev–Trinajstić information content (AvgIpc) is 3.07. The number of nitrogens with one attached hydrogen (secondary N) is 1. The molecule has 4 heteroatoms. The lowest BCUT2D eigenvalue weighted by Gasteiger charge is -2.20. The highest BCUT2D eigenvalue weighted by atomic mass is 16.3. The Kier molecular flexibility index (Phi) is 3.26. The van der Waals surface area contributed by atoms with Gasteiger partial charge in [0.25, 0.3) is 0 Å². The van der Waals surface area contributed by atoms with Gasteiger partial charge in [-0.1, -0.05) is 6.07 Å². The Morgan fingerprint density at radius 2 is 1.88 bits per heavy atom. The summed E-state index contributed by atoms with van der Waals surface area (Å²) in [7, 11) is 0. The zero-order valence-corrected chi connectivity index (χ0v) is 9.98. The highest BCUT2D eigenvalue weighted by molar-refractivity contribution is 5.44. The summed E-state index contributed by atoms with van der Waals surface area (Å²) in [6.07, 6.45) is 2.08. The van der Waals surface area contributed by atoms with Crippen molar-refractivity contribution in [3.8, 4) is 11.5 Å². The largest absolute Gasteiger partial charge is 0.507 e. The van der Waals surface area contributed by atoms with Crippen molar-refractivity contribution in [2.24, 2.45) is 5.41 Å². The van der Waals surface area contributed by atoms with Gasteiger partial charge in [0.15, 0.2) is 0 Å². The van der Waals surface area contributed by atoms with Crippen LogP contribution in [0.15, 0.2) is 18.2 Å². The number of rotatable bonds is 5. The highest BCUT2D eigenvalue weighted by Gasteiger charge is 2.41. The van der Waals surface area contributed by atoms with E-state index in [1.807, 2.05) is 6.92 Å². The molecule has 4 nitrogen and oxygen atoms in total. The van der Waals surface area contributed by atoms with Crippen LogP contribution in [0.3, 0.4) is 0 Å². The molecule has 94 valence electrons. The van der Waals surface area contributed by atoms with Gasteiger partial charge in [-0.05, 0) is 31.9 Å². The Labute approximate surface area is 101 Å². The molecule has 1 atom stereocenters. The number of aliphatic hydroxyl groups excluding tert-OH is 1. The van der Waals surface area contributed by atoms with Crippen LogP contribution in [0.4, 0.5) is 0 Å². The number of phenolic OH excluding ortho intramolecular Hbond substituents is 2. The maximum atomic E-state index is 9.71. The summed E-state index contributed by atoms with van der Waals surface area (Å²) < 4.78 is 0. The molecular formula is C13H19NO3.